The van der Waals surface area contributed by atoms with Gasteiger partial charge in [-0.05, 0) is 30.3 Å². The molecule has 2 aromatic carbocycles. The van der Waals surface area contributed by atoms with Crippen LogP contribution in [0.15, 0.2) is 78.7 Å². The van der Waals surface area contributed by atoms with Gasteiger partial charge >= 0.3 is 0 Å². The van der Waals surface area contributed by atoms with E-state index in [9.17, 15) is 0 Å². The van der Waals surface area contributed by atoms with Gasteiger partial charge in [-0.2, -0.15) is 4.59 Å². The fraction of sp³-hybridized carbons (Fsp3) is 0.111. The molecule has 2 aliphatic rings. The van der Waals surface area contributed by atoms with Gasteiger partial charge in [-0.25, -0.2) is 5.43 Å². The zero-order valence-corrected chi connectivity index (χ0v) is 11.7. The van der Waals surface area contributed by atoms with Crippen LogP contribution in [-0.2, 0) is 6.54 Å². The van der Waals surface area contributed by atoms with Crippen LogP contribution in [0.25, 0.3) is 0 Å². The molecule has 0 fully saturated rings. The predicted octanol–water partition coefficient (Wildman–Crippen LogP) is 3.83. The van der Waals surface area contributed by atoms with Crippen molar-refractivity contribution in [2.24, 2.45) is 0 Å². The number of nitrogens with one attached hydrogen (secondary N) is 1. The molecule has 1 unspecified atom stereocenters. The zero-order chi connectivity index (χ0) is 14.1. The molecule has 3 heteroatoms. The monoisotopic (exact) mass is 277 g/mol. The maximum Gasteiger partial charge on any atom is 0.193 e. The second-order valence-corrected chi connectivity index (χ2v) is 5.46. The van der Waals surface area contributed by atoms with Crippen molar-refractivity contribution in [3.8, 4) is 5.75 Å². The Morgan fingerprint density at radius 1 is 0.952 bits per heavy atom. The zero-order valence-electron chi connectivity index (χ0n) is 11.7. The number of nitrogens with zero attached hydrogens (tertiary/aromatic N) is 1. The largest absolute Gasteiger partial charge is 0.458 e. The number of hydrogen-bond donors (Lipinski definition) is 1. The number of para-hydroxylation sites is 2. The van der Waals surface area contributed by atoms with E-state index in [2.05, 4.69) is 54.0 Å². The SMILES string of the molecule is C1=CC2=COc3ccccc3C[N+]2(Nc2ccccc2)C1. The van der Waals surface area contributed by atoms with Gasteiger partial charge in [-0.3, -0.25) is 0 Å². The molecule has 2 aromatic rings. The molecular weight excluding hydrogens is 260 g/mol. The quantitative estimate of drug-likeness (QED) is 0.842. The minimum Gasteiger partial charge on any atom is -0.458 e. The molecule has 1 atom stereocenters. The summed E-state index contributed by atoms with van der Waals surface area (Å²) in [5, 5.41) is 0. The van der Waals surface area contributed by atoms with Crippen molar-refractivity contribution in [3.05, 3.63) is 84.3 Å². The Hall–Kier alpha value is -2.52. The number of quaternary nitrogens is 1. The molecular formula is C18H17N2O+. The number of allylic oxidation sites excluding steroid dienone is 1. The normalized spacial score (nSPS) is 22.6. The lowest BCUT2D eigenvalue weighted by molar-refractivity contribution is -0.871. The van der Waals surface area contributed by atoms with E-state index in [0.29, 0.717) is 4.59 Å². The molecule has 0 aliphatic carbocycles. The summed E-state index contributed by atoms with van der Waals surface area (Å²) in [6.07, 6.45) is 6.20. The van der Waals surface area contributed by atoms with E-state index in [-0.39, 0.29) is 0 Å². The van der Waals surface area contributed by atoms with Crippen LogP contribution in [0.3, 0.4) is 0 Å². The van der Waals surface area contributed by atoms with Crippen LogP contribution in [0, 0.1) is 0 Å². The van der Waals surface area contributed by atoms with Gasteiger partial charge in [-0.1, -0.05) is 30.3 Å². The average molecular weight is 277 g/mol. The van der Waals surface area contributed by atoms with Crippen molar-refractivity contribution in [3.63, 3.8) is 0 Å². The molecule has 0 saturated heterocycles. The van der Waals surface area contributed by atoms with Gasteiger partial charge < -0.3 is 4.74 Å². The van der Waals surface area contributed by atoms with E-state index in [0.717, 1.165) is 30.2 Å². The summed E-state index contributed by atoms with van der Waals surface area (Å²) < 4.78 is 6.52. The van der Waals surface area contributed by atoms with Gasteiger partial charge in [-0.15, -0.1) is 0 Å². The van der Waals surface area contributed by atoms with Crippen molar-refractivity contribution in [2.45, 2.75) is 6.54 Å². The highest BCUT2D eigenvalue weighted by atomic mass is 16.5. The first-order valence-corrected chi connectivity index (χ1v) is 7.18. The van der Waals surface area contributed by atoms with E-state index in [1.807, 2.05) is 24.5 Å². The summed E-state index contributed by atoms with van der Waals surface area (Å²) >= 11 is 0. The van der Waals surface area contributed by atoms with Crippen LogP contribution >= 0.6 is 0 Å². The maximum atomic E-state index is 5.86. The highest BCUT2D eigenvalue weighted by molar-refractivity contribution is 5.42. The Balaban J connectivity index is 1.75. The lowest BCUT2D eigenvalue weighted by atomic mass is 10.2. The Kier molecular flexibility index (Phi) is 2.79. The molecule has 4 rings (SSSR count). The van der Waals surface area contributed by atoms with E-state index >= 15 is 0 Å². The number of hydrogen-bond acceptors (Lipinski definition) is 2. The lowest BCUT2D eigenvalue weighted by Crippen LogP contribution is -2.48. The third-order valence-corrected chi connectivity index (χ3v) is 4.04. The van der Waals surface area contributed by atoms with Crippen LogP contribution < -0.4 is 10.2 Å². The number of anilines is 1. The molecule has 0 amide bonds. The molecule has 1 N–H and O–H groups in total. The summed E-state index contributed by atoms with van der Waals surface area (Å²) in [5.41, 5.74) is 7.15. The number of fused-ring (bicyclic) bond motifs is 2. The Morgan fingerprint density at radius 3 is 2.67 bits per heavy atom. The number of ether oxygens (including phenoxy) is 1. The van der Waals surface area contributed by atoms with Gasteiger partial charge in [0.05, 0.1) is 11.3 Å². The first-order chi connectivity index (χ1) is 10.4. The molecule has 0 bridgehead atoms. The minimum atomic E-state index is 0.668. The first kappa shape index (κ1) is 12.2. The van der Waals surface area contributed by atoms with Crippen molar-refractivity contribution >= 4 is 5.69 Å². The fourth-order valence-corrected chi connectivity index (χ4v) is 2.97. The van der Waals surface area contributed by atoms with E-state index < -0.39 is 0 Å². The van der Waals surface area contributed by atoms with Gasteiger partial charge in [0, 0.05) is 6.08 Å². The van der Waals surface area contributed by atoms with Crippen LogP contribution in [-0.4, -0.2) is 11.1 Å². The van der Waals surface area contributed by atoms with Crippen molar-refractivity contribution in [1.82, 2.24) is 0 Å². The predicted molar refractivity (Wildman–Crippen MR) is 83.2 cm³/mol. The molecule has 2 aliphatic heterocycles. The minimum absolute atomic E-state index is 0.668. The van der Waals surface area contributed by atoms with Gasteiger partial charge in [0.25, 0.3) is 0 Å². The summed E-state index contributed by atoms with van der Waals surface area (Å²) in [6.45, 7) is 1.78. The third-order valence-electron chi connectivity index (χ3n) is 4.04. The van der Waals surface area contributed by atoms with Gasteiger partial charge in [0.1, 0.15) is 18.8 Å². The molecule has 21 heavy (non-hydrogen) atoms. The lowest BCUT2D eigenvalue weighted by Gasteiger charge is -2.33. The van der Waals surface area contributed by atoms with Crippen molar-refractivity contribution in [1.29, 1.82) is 0 Å². The molecule has 2 heterocycles. The average Bonchev–Trinajstić information content (AvgIpc) is 2.83. The maximum absolute atomic E-state index is 5.86. The van der Waals surface area contributed by atoms with Crippen LogP contribution in [0.1, 0.15) is 5.56 Å². The number of rotatable bonds is 2. The smallest absolute Gasteiger partial charge is 0.193 e. The Bertz CT molecular complexity index is 721. The first-order valence-electron chi connectivity index (χ1n) is 7.18. The summed E-state index contributed by atoms with van der Waals surface area (Å²) in [7, 11) is 0. The Labute approximate surface area is 124 Å². The molecule has 0 aromatic heterocycles. The van der Waals surface area contributed by atoms with Crippen molar-refractivity contribution in [2.75, 3.05) is 12.0 Å². The standard InChI is InChI=1S/C18H17N2O/c1-2-8-16(9-3-1)19-20-12-6-10-17(20)14-21-18-11-5-4-7-15(18)13-20/h1-11,14,19H,12-13H2/q+1. The second kappa shape index (κ2) is 4.79. The highest BCUT2D eigenvalue weighted by Crippen LogP contribution is 2.35. The van der Waals surface area contributed by atoms with Gasteiger partial charge in [0.15, 0.2) is 12.0 Å². The van der Waals surface area contributed by atoms with Crippen LogP contribution in [0.2, 0.25) is 0 Å². The molecule has 3 nitrogen and oxygen atoms in total. The summed E-state index contributed by atoms with van der Waals surface area (Å²) in [5.74, 6) is 0.945. The van der Waals surface area contributed by atoms with E-state index in [1.165, 1.54) is 5.56 Å². The molecule has 104 valence electrons. The summed E-state index contributed by atoms with van der Waals surface area (Å²) in [4.78, 5) is 0. The van der Waals surface area contributed by atoms with Crippen molar-refractivity contribution < 1.29 is 9.33 Å². The summed E-state index contributed by atoms with van der Waals surface area (Å²) in [6, 6.07) is 18.6. The third kappa shape index (κ3) is 2.12. The molecule has 0 saturated carbocycles. The fourth-order valence-electron chi connectivity index (χ4n) is 2.97. The van der Waals surface area contributed by atoms with E-state index in [1.54, 1.807) is 0 Å². The topological polar surface area (TPSA) is 21.3 Å². The van der Waals surface area contributed by atoms with Crippen LogP contribution in [0.5, 0.6) is 5.75 Å². The highest BCUT2D eigenvalue weighted by Gasteiger charge is 2.38. The molecule has 0 radical (unpaired) electrons. The number of benzene rings is 2. The van der Waals surface area contributed by atoms with Gasteiger partial charge in [0.2, 0.25) is 0 Å². The van der Waals surface area contributed by atoms with Crippen LogP contribution in [0.4, 0.5) is 5.69 Å². The second-order valence-electron chi connectivity index (χ2n) is 5.46. The van der Waals surface area contributed by atoms with E-state index in [4.69, 9.17) is 4.74 Å². The Morgan fingerprint density at radius 2 is 1.76 bits per heavy atom. The molecule has 0 spiro atoms.